The minimum atomic E-state index is -0.723. The Morgan fingerprint density at radius 3 is 2.21 bits per heavy atom. The summed E-state index contributed by atoms with van der Waals surface area (Å²) in [6.45, 7) is 0. The third-order valence-corrected chi connectivity index (χ3v) is 4.22. The second-order valence-corrected chi connectivity index (χ2v) is 6.22. The molecule has 10 heteroatoms. The van der Waals surface area contributed by atoms with E-state index in [1.54, 1.807) is 18.2 Å². The van der Waals surface area contributed by atoms with Crippen LogP contribution in [0.1, 0.15) is 10.4 Å². The SMILES string of the molecule is COc1cc(C(=O)Nc2ccc(N(C)C)c(Cl)c2)c([N+](=O)[O-])c(OC)c1OC. The molecule has 2 aromatic carbocycles. The maximum atomic E-state index is 12.8. The topological polar surface area (TPSA) is 103 Å². The molecular weight excluding hydrogens is 390 g/mol. The number of hydrogen-bond acceptors (Lipinski definition) is 7. The summed E-state index contributed by atoms with van der Waals surface area (Å²) < 4.78 is 15.4. The van der Waals surface area contributed by atoms with Crippen LogP contribution in [0.3, 0.4) is 0 Å². The van der Waals surface area contributed by atoms with Crippen LogP contribution >= 0.6 is 11.6 Å². The van der Waals surface area contributed by atoms with Crippen LogP contribution in [-0.2, 0) is 0 Å². The standard InChI is InChI=1S/C18H20ClN3O6/c1-21(2)13-7-6-10(8-12(13)19)20-18(23)11-9-14(26-3)16(27-4)17(28-5)15(11)22(24)25/h6-9H,1-5H3,(H,20,23). The van der Waals surface area contributed by atoms with E-state index in [-0.39, 0.29) is 22.8 Å². The summed E-state index contributed by atoms with van der Waals surface area (Å²) in [5.74, 6) is -0.791. The van der Waals surface area contributed by atoms with Gasteiger partial charge >= 0.3 is 5.69 Å². The molecule has 0 aliphatic carbocycles. The number of carbonyl (C=O) groups excluding carboxylic acids is 1. The molecule has 0 saturated heterocycles. The number of nitro groups is 1. The number of methoxy groups -OCH3 is 3. The normalized spacial score (nSPS) is 10.2. The van der Waals surface area contributed by atoms with Crippen molar-refractivity contribution in [2.75, 3.05) is 45.6 Å². The van der Waals surface area contributed by atoms with Crippen molar-refractivity contribution in [3.8, 4) is 17.2 Å². The highest BCUT2D eigenvalue weighted by Crippen LogP contribution is 2.46. The zero-order valence-corrected chi connectivity index (χ0v) is 16.8. The fourth-order valence-corrected chi connectivity index (χ4v) is 2.99. The van der Waals surface area contributed by atoms with E-state index in [9.17, 15) is 14.9 Å². The molecule has 0 heterocycles. The Labute approximate surface area is 166 Å². The monoisotopic (exact) mass is 409 g/mol. The molecule has 0 fully saturated rings. The molecule has 0 saturated carbocycles. The number of nitro benzene ring substituents is 1. The number of nitrogens with one attached hydrogen (secondary N) is 1. The van der Waals surface area contributed by atoms with E-state index in [1.165, 1.54) is 27.4 Å². The lowest BCUT2D eigenvalue weighted by molar-refractivity contribution is -0.386. The van der Waals surface area contributed by atoms with Gasteiger partial charge < -0.3 is 24.4 Å². The molecule has 0 bridgehead atoms. The second-order valence-electron chi connectivity index (χ2n) is 5.81. The molecule has 1 N–H and O–H groups in total. The Kier molecular flexibility index (Phi) is 6.53. The predicted molar refractivity (Wildman–Crippen MR) is 106 cm³/mol. The van der Waals surface area contributed by atoms with E-state index < -0.39 is 16.5 Å². The Morgan fingerprint density at radius 2 is 1.75 bits per heavy atom. The first kappa shape index (κ1) is 21.1. The first-order chi connectivity index (χ1) is 13.2. The lowest BCUT2D eigenvalue weighted by Gasteiger charge is -2.16. The molecule has 0 spiro atoms. The number of halogens is 1. The van der Waals surface area contributed by atoms with Gasteiger partial charge in [0.2, 0.25) is 11.5 Å². The molecular formula is C18H20ClN3O6. The highest BCUT2D eigenvalue weighted by atomic mass is 35.5. The molecule has 0 unspecified atom stereocenters. The smallest absolute Gasteiger partial charge is 0.327 e. The van der Waals surface area contributed by atoms with Gasteiger partial charge in [0, 0.05) is 25.8 Å². The van der Waals surface area contributed by atoms with Crippen molar-refractivity contribution in [3.05, 3.63) is 45.0 Å². The summed E-state index contributed by atoms with van der Waals surface area (Å²) in [4.78, 5) is 25.5. The van der Waals surface area contributed by atoms with E-state index >= 15 is 0 Å². The van der Waals surface area contributed by atoms with Crippen molar-refractivity contribution < 1.29 is 23.9 Å². The largest absolute Gasteiger partial charge is 0.493 e. The van der Waals surface area contributed by atoms with Crippen LogP contribution in [0.2, 0.25) is 5.02 Å². The molecule has 28 heavy (non-hydrogen) atoms. The van der Waals surface area contributed by atoms with Gasteiger partial charge in [-0.05, 0) is 18.2 Å². The molecule has 9 nitrogen and oxygen atoms in total. The zero-order valence-electron chi connectivity index (χ0n) is 16.0. The van der Waals surface area contributed by atoms with E-state index in [4.69, 9.17) is 25.8 Å². The lowest BCUT2D eigenvalue weighted by atomic mass is 10.1. The number of ether oxygens (including phenoxy) is 3. The van der Waals surface area contributed by atoms with Crippen LogP contribution in [0.4, 0.5) is 17.1 Å². The van der Waals surface area contributed by atoms with Gasteiger partial charge in [0.25, 0.3) is 5.91 Å². The Morgan fingerprint density at radius 1 is 1.11 bits per heavy atom. The van der Waals surface area contributed by atoms with Crippen molar-refractivity contribution in [2.45, 2.75) is 0 Å². The lowest BCUT2D eigenvalue weighted by Crippen LogP contribution is -2.16. The first-order valence-electron chi connectivity index (χ1n) is 8.00. The van der Waals surface area contributed by atoms with Crippen LogP contribution in [0.5, 0.6) is 17.2 Å². The van der Waals surface area contributed by atoms with Crippen molar-refractivity contribution in [2.24, 2.45) is 0 Å². The van der Waals surface area contributed by atoms with Crippen LogP contribution in [0.25, 0.3) is 0 Å². The summed E-state index contributed by atoms with van der Waals surface area (Å²) in [5, 5.41) is 14.6. The van der Waals surface area contributed by atoms with Gasteiger partial charge in [-0.1, -0.05) is 11.6 Å². The Balaban J connectivity index is 2.53. The molecule has 2 rings (SSSR count). The molecule has 0 atom stereocenters. The van der Waals surface area contributed by atoms with Gasteiger partial charge in [0.1, 0.15) is 5.56 Å². The molecule has 1 amide bonds. The minimum Gasteiger partial charge on any atom is -0.493 e. The van der Waals surface area contributed by atoms with Crippen molar-refractivity contribution in [1.82, 2.24) is 0 Å². The van der Waals surface area contributed by atoms with Gasteiger partial charge in [0.05, 0.1) is 37.0 Å². The molecule has 2 aromatic rings. The minimum absolute atomic E-state index is 0.0200. The Bertz CT molecular complexity index is 917. The summed E-state index contributed by atoms with van der Waals surface area (Å²) in [6.07, 6.45) is 0. The summed E-state index contributed by atoms with van der Waals surface area (Å²) in [5.41, 5.74) is 0.364. The van der Waals surface area contributed by atoms with E-state index in [1.807, 2.05) is 19.0 Å². The number of rotatable bonds is 7. The number of amides is 1. The number of anilines is 2. The fourth-order valence-electron chi connectivity index (χ4n) is 2.64. The first-order valence-corrected chi connectivity index (χ1v) is 8.38. The van der Waals surface area contributed by atoms with Crippen LogP contribution in [-0.4, -0.2) is 46.3 Å². The summed E-state index contributed by atoms with van der Waals surface area (Å²) in [7, 11) is 7.58. The average molecular weight is 410 g/mol. The Hall–Kier alpha value is -3.20. The van der Waals surface area contributed by atoms with Gasteiger partial charge in [-0.15, -0.1) is 0 Å². The van der Waals surface area contributed by atoms with Gasteiger partial charge in [-0.2, -0.15) is 0 Å². The highest BCUT2D eigenvalue weighted by Gasteiger charge is 2.32. The van der Waals surface area contributed by atoms with Crippen LogP contribution in [0, 0.1) is 10.1 Å². The predicted octanol–water partition coefficient (Wildman–Crippen LogP) is 3.59. The number of hydrogen-bond donors (Lipinski definition) is 1. The van der Waals surface area contributed by atoms with Crippen molar-refractivity contribution in [3.63, 3.8) is 0 Å². The molecule has 0 aliphatic rings. The number of benzene rings is 2. The van der Waals surface area contributed by atoms with Crippen molar-refractivity contribution >= 4 is 34.6 Å². The number of nitrogens with zero attached hydrogens (tertiary/aromatic N) is 2. The highest BCUT2D eigenvalue weighted by molar-refractivity contribution is 6.33. The molecule has 150 valence electrons. The van der Waals surface area contributed by atoms with Crippen LogP contribution in [0.15, 0.2) is 24.3 Å². The third-order valence-electron chi connectivity index (χ3n) is 3.92. The van der Waals surface area contributed by atoms with Crippen molar-refractivity contribution in [1.29, 1.82) is 0 Å². The zero-order chi connectivity index (χ0) is 21.0. The van der Waals surface area contributed by atoms with E-state index in [0.717, 1.165) is 5.69 Å². The quantitative estimate of drug-likeness (QED) is 0.550. The maximum Gasteiger partial charge on any atom is 0.327 e. The number of carbonyl (C=O) groups is 1. The molecule has 0 radical (unpaired) electrons. The van der Waals surface area contributed by atoms with Gasteiger partial charge in [-0.25, -0.2) is 0 Å². The summed E-state index contributed by atoms with van der Waals surface area (Å²) in [6, 6.07) is 6.15. The van der Waals surface area contributed by atoms with E-state index in [0.29, 0.717) is 10.7 Å². The second kappa shape index (κ2) is 8.66. The fraction of sp³-hybridized carbons (Fsp3) is 0.278. The van der Waals surface area contributed by atoms with Gasteiger partial charge in [-0.3, -0.25) is 14.9 Å². The molecule has 0 aliphatic heterocycles. The van der Waals surface area contributed by atoms with Gasteiger partial charge in [0.15, 0.2) is 5.75 Å². The van der Waals surface area contributed by atoms with E-state index in [2.05, 4.69) is 5.32 Å². The molecule has 0 aromatic heterocycles. The average Bonchev–Trinajstić information content (AvgIpc) is 2.65. The maximum absolute atomic E-state index is 12.8. The third kappa shape index (κ3) is 4.04. The summed E-state index contributed by atoms with van der Waals surface area (Å²) >= 11 is 6.21. The van der Waals surface area contributed by atoms with Crippen LogP contribution < -0.4 is 24.4 Å².